The summed E-state index contributed by atoms with van der Waals surface area (Å²) in [6.07, 6.45) is -0.0929. The predicted molar refractivity (Wildman–Crippen MR) is 100.0 cm³/mol. The molecular weight excluding hydrogens is 344 g/mol. The Kier molecular flexibility index (Phi) is 4.55. The van der Waals surface area contributed by atoms with Crippen molar-refractivity contribution in [1.82, 2.24) is 25.5 Å². The molecule has 0 unspecified atom stereocenters. The molecule has 4 rings (SSSR count). The smallest absolute Gasteiger partial charge is 0.319 e. The summed E-state index contributed by atoms with van der Waals surface area (Å²) in [6.45, 7) is 2.61. The second-order valence-electron chi connectivity index (χ2n) is 6.45. The number of anilines is 1. The Morgan fingerprint density at radius 2 is 2.11 bits per heavy atom. The van der Waals surface area contributed by atoms with Gasteiger partial charge >= 0.3 is 6.03 Å². The first-order valence-electron chi connectivity index (χ1n) is 8.85. The first-order chi connectivity index (χ1) is 13.2. The van der Waals surface area contributed by atoms with E-state index in [1.807, 2.05) is 49.4 Å². The average molecular weight is 364 g/mol. The van der Waals surface area contributed by atoms with Crippen molar-refractivity contribution in [2.24, 2.45) is 0 Å². The van der Waals surface area contributed by atoms with Gasteiger partial charge in [-0.1, -0.05) is 36.4 Å². The van der Waals surface area contributed by atoms with Gasteiger partial charge in [-0.2, -0.15) is 0 Å². The number of fused-ring (bicyclic) bond motifs is 1. The SMILES string of the molecule is CCn1nnnc1-c1cccc(NC(=O)N[C@H]2c3ccccc3C[C@H]2O)c1. The van der Waals surface area contributed by atoms with Crippen LogP contribution < -0.4 is 10.6 Å². The fourth-order valence-electron chi connectivity index (χ4n) is 3.42. The van der Waals surface area contributed by atoms with Crippen molar-refractivity contribution >= 4 is 11.7 Å². The van der Waals surface area contributed by atoms with Gasteiger partial charge in [0.05, 0.1) is 12.1 Å². The molecule has 1 aromatic heterocycles. The Morgan fingerprint density at radius 3 is 2.96 bits per heavy atom. The molecule has 0 fully saturated rings. The fourth-order valence-corrected chi connectivity index (χ4v) is 3.42. The summed E-state index contributed by atoms with van der Waals surface area (Å²) < 4.78 is 1.69. The molecule has 2 atom stereocenters. The molecule has 0 spiro atoms. The van der Waals surface area contributed by atoms with Crippen LogP contribution in [-0.4, -0.2) is 37.4 Å². The molecule has 1 aliphatic carbocycles. The van der Waals surface area contributed by atoms with Crippen molar-refractivity contribution < 1.29 is 9.90 Å². The van der Waals surface area contributed by atoms with Gasteiger partial charge in [-0.05, 0) is 40.6 Å². The number of nitrogens with zero attached hydrogens (tertiary/aromatic N) is 4. The third kappa shape index (κ3) is 3.39. The van der Waals surface area contributed by atoms with Gasteiger partial charge in [0.1, 0.15) is 0 Å². The third-order valence-electron chi connectivity index (χ3n) is 4.70. The van der Waals surface area contributed by atoms with Gasteiger partial charge in [0.2, 0.25) is 0 Å². The van der Waals surface area contributed by atoms with E-state index in [2.05, 4.69) is 26.2 Å². The number of aryl methyl sites for hydroxylation is 1. The first-order valence-corrected chi connectivity index (χ1v) is 8.85. The summed E-state index contributed by atoms with van der Waals surface area (Å²) >= 11 is 0. The number of tetrazole rings is 1. The normalized spacial score (nSPS) is 18.1. The van der Waals surface area contributed by atoms with Gasteiger partial charge in [0.15, 0.2) is 5.82 Å². The minimum Gasteiger partial charge on any atom is -0.390 e. The fraction of sp³-hybridized carbons (Fsp3) is 0.263. The largest absolute Gasteiger partial charge is 0.390 e. The van der Waals surface area contributed by atoms with Gasteiger partial charge in [-0.15, -0.1) is 5.10 Å². The Bertz CT molecular complexity index is 970. The lowest BCUT2D eigenvalue weighted by molar-refractivity contribution is 0.144. The van der Waals surface area contributed by atoms with Crippen LogP contribution in [0, 0.1) is 0 Å². The van der Waals surface area contributed by atoms with E-state index in [0.29, 0.717) is 24.5 Å². The number of aromatic nitrogens is 4. The molecule has 0 bridgehead atoms. The Hall–Kier alpha value is -3.26. The third-order valence-corrected chi connectivity index (χ3v) is 4.70. The maximum atomic E-state index is 12.5. The van der Waals surface area contributed by atoms with Crippen molar-refractivity contribution in [3.8, 4) is 11.4 Å². The van der Waals surface area contributed by atoms with Crippen LogP contribution in [0.15, 0.2) is 48.5 Å². The van der Waals surface area contributed by atoms with Crippen molar-refractivity contribution in [3.63, 3.8) is 0 Å². The van der Waals surface area contributed by atoms with E-state index in [4.69, 9.17) is 0 Å². The summed E-state index contributed by atoms with van der Waals surface area (Å²) in [5.74, 6) is 0.640. The number of rotatable bonds is 4. The highest BCUT2D eigenvalue weighted by molar-refractivity contribution is 5.90. The van der Waals surface area contributed by atoms with Gasteiger partial charge in [0, 0.05) is 24.2 Å². The highest BCUT2D eigenvalue weighted by Gasteiger charge is 2.31. The summed E-state index contributed by atoms with van der Waals surface area (Å²) in [4.78, 5) is 12.5. The second-order valence-corrected chi connectivity index (χ2v) is 6.45. The van der Waals surface area contributed by atoms with Gasteiger partial charge in [0.25, 0.3) is 0 Å². The Labute approximate surface area is 156 Å². The molecule has 1 aliphatic rings. The zero-order valence-electron chi connectivity index (χ0n) is 14.8. The number of nitrogens with one attached hydrogen (secondary N) is 2. The number of aliphatic hydroxyl groups is 1. The molecule has 0 aliphatic heterocycles. The first kappa shape index (κ1) is 17.2. The molecule has 2 aromatic carbocycles. The zero-order chi connectivity index (χ0) is 18.8. The highest BCUT2D eigenvalue weighted by atomic mass is 16.3. The van der Waals surface area contributed by atoms with Crippen LogP contribution in [0.4, 0.5) is 10.5 Å². The Balaban J connectivity index is 1.48. The topological polar surface area (TPSA) is 105 Å². The molecule has 3 N–H and O–H groups in total. The molecule has 8 heteroatoms. The number of aliphatic hydroxyl groups excluding tert-OH is 1. The predicted octanol–water partition coefficient (Wildman–Crippen LogP) is 2.14. The van der Waals surface area contributed by atoms with E-state index in [0.717, 1.165) is 16.7 Å². The van der Waals surface area contributed by atoms with E-state index in [1.54, 1.807) is 10.7 Å². The standard InChI is InChI=1S/C19H20N6O2/c1-2-25-18(22-23-24-25)13-7-5-8-14(10-13)20-19(27)21-17-15-9-4-3-6-12(15)11-16(17)26/h3-10,16-17,26H,2,11H2,1H3,(H2,20,21,27)/t16-,17+/m1/s1. The van der Waals surface area contributed by atoms with E-state index >= 15 is 0 Å². The average Bonchev–Trinajstić information content (AvgIpc) is 3.27. The molecular formula is C19H20N6O2. The van der Waals surface area contributed by atoms with Crippen LogP contribution in [0.1, 0.15) is 24.1 Å². The van der Waals surface area contributed by atoms with Gasteiger partial charge < -0.3 is 15.7 Å². The molecule has 138 valence electrons. The molecule has 3 aromatic rings. The quantitative estimate of drug-likeness (QED) is 0.658. The number of hydrogen-bond acceptors (Lipinski definition) is 5. The Morgan fingerprint density at radius 1 is 1.26 bits per heavy atom. The summed E-state index contributed by atoms with van der Waals surface area (Å²) in [6, 6.07) is 14.3. The minimum absolute atomic E-state index is 0.372. The monoisotopic (exact) mass is 364 g/mol. The van der Waals surface area contributed by atoms with Gasteiger partial charge in [-0.3, -0.25) is 0 Å². The van der Waals surface area contributed by atoms with Crippen molar-refractivity contribution in [1.29, 1.82) is 0 Å². The number of amides is 2. The van der Waals surface area contributed by atoms with Crippen LogP contribution >= 0.6 is 0 Å². The number of benzene rings is 2. The number of carbonyl (C=O) groups excluding carboxylic acids is 1. The second kappa shape index (κ2) is 7.16. The zero-order valence-corrected chi connectivity index (χ0v) is 14.8. The number of carbonyl (C=O) groups is 1. The van der Waals surface area contributed by atoms with Crippen molar-refractivity contribution in [2.75, 3.05) is 5.32 Å². The van der Waals surface area contributed by atoms with Crippen LogP contribution in [0.3, 0.4) is 0 Å². The van der Waals surface area contributed by atoms with Crippen molar-refractivity contribution in [2.45, 2.75) is 32.0 Å². The van der Waals surface area contributed by atoms with Crippen LogP contribution in [0.2, 0.25) is 0 Å². The van der Waals surface area contributed by atoms with E-state index in [9.17, 15) is 9.90 Å². The lowest BCUT2D eigenvalue weighted by Crippen LogP contribution is -2.36. The number of hydrogen-bond donors (Lipinski definition) is 3. The molecule has 1 heterocycles. The van der Waals surface area contributed by atoms with Crippen LogP contribution in [0.5, 0.6) is 0 Å². The minimum atomic E-state index is -0.631. The van der Waals surface area contributed by atoms with Crippen molar-refractivity contribution in [3.05, 3.63) is 59.7 Å². The molecule has 0 radical (unpaired) electrons. The van der Waals surface area contributed by atoms with E-state index in [1.165, 1.54) is 0 Å². The molecule has 27 heavy (non-hydrogen) atoms. The maximum Gasteiger partial charge on any atom is 0.319 e. The molecule has 2 amide bonds. The van der Waals surface area contributed by atoms with Gasteiger partial charge in [-0.25, -0.2) is 9.48 Å². The summed E-state index contributed by atoms with van der Waals surface area (Å²) in [7, 11) is 0. The summed E-state index contributed by atoms with van der Waals surface area (Å²) in [5, 5.41) is 27.6. The molecule has 8 nitrogen and oxygen atoms in total. The summed E-state index contributed by atoms with van der Waals surface area (Å²) in [5.41, 5.74) is 3.45. The van der Waals surface area contributed by atoms with Crippen LogP contribution in [0.25, 0.3) is 11.4 Å². The highest BCUT2D eigenvalue weighted by Crippen LogP contribution is 2.31. The molecule has 0 saturated heterocycles. The lowest BCUT2D eigenvalue weighted by atomic mass is 10.1. The maximum absolute atomic E-state index is 12.5. The van der Waals surface area contributed by atoms with Crippen LogP contribution in [-0.2, 0) is 13.0 Å². The lowest BCUT2D eigenvalue weighted by Gasteiger charge is -2.18. The van der Waals surface area contributed by atoms with E-state index in [-0.39, 0.29) is 6.03 Å². The molecule has 0 saturated carbocycles. The van der Waals surface area contributed by atoms with E-state index < -0.39 is 12.1 Å². The number of urea groups is 1.